The van der Waals surface area contributed by atoms with Crippen molar-refractivity contribution in [2.75, 3.05) is 19.8 Å². The zero-order valence-corrected chi connectivity index (χ0v) is 13.2. The first kappa shape index (κ1) is 15.0. The van der Waals surface area contributed by atoms with Gasteiger partial charge in [-0.25, -0.2) is 0 Å². The van der Waals surface area contributed by atoms with E-state index in [0.717, 1.165) is 57.7 Å². The maximum atomic E-state index is 6.60. The first-order chi connectivity index (χ1) is 10.1. The fraction of sp³-hybridized carbons (Fsp3) is 0.812. The number of hydrogen-bond acceptors (Lipinski definition) is 4. The normalized spacial score (nSPS) is 26.9. The molecule has 2 atom stereocenters. The number of rotatable bonds is 3. The molecular formula is C16H27N3O2. The summed E-state index contributed by atoms with van der Waals surface area (Å²) in [5, 5.41) is 4.53. The van der Waals surface area contributed by atoms with Crippen LogP contribution in [0.2, 0.25) is 0 Å². The second-order valence-corrected chi connectivity index (χ2v) is 6.45. The molecule has 3 rings (SSSR count). The lowest BCUT2D eigenvalue weighted by atomic mass is 9.77. The molecule has 0 aromatic carbocycles. The van der Waals surface area contributed by atoms with Crippen LogP contribution in [0, 0.1) is 12.8 Å². The van der Waals surface area contributed by atoms with Crippen molar-refractivity contribution in [2.45, 2.75) is 57.7 Å². The summed E-state index contributed by atoms with van der Waals surface area (Å²) in [7, 11) is 0. The van der Waals surface area contributed by atoms with E-state index in [2.05, 4.69) is 18.1 Å². The summed E-state index contributed by atoms with van der Waals surface area (Å²) in [6.07, 6.45) is 4.09. The van der Waals surface area contributed by atoms with Gasteiger partial charge in [0, 0.05) is 32.4 Å². The van der Waals surface area contributed by atoms with Crippen molar-refractivity contribution in [3.8, 4) is 0 Å². The molecule has 0 radical (unpaired) electrons. The van der Waals surface area contributed by atoms with Crippen molar-refractivity contribution in [1.29, 1.82) is 0 Å². The molecule has 1 aromatic rings. The van der Waals surface area contributed by atoms with Crippen molar-refractivity contribution < 1.29 is 9.47 Å². The second kappa shape index (κ2) is 6.07. The third-order valence-corrected chi connectivity index (χ3v) is 5.02. The van der Waals surface area contributed by atoms with Gasteiger partial charge >= 0.3 is 0 Å². The summed E-state index contributed by atoms with van der Waals surface area (Å²) >= 11 is 0. The van der Waals surface area contributed by atoms with Gasteiger partial charge in [-0.15, -0.1) is 0 Å². The maximum absolute atomic E-state index is 6.60. The Morgan fingerprint density at radius 1 is 1.43 bits per heavy atom. The molecule has 5 nitrogen and oxygen atoms in total. The minimum absolute atomic E-state index is 0.00486. The van der Waals surface area contributed by atoms with Crippen LogP contribution in [0.1, 0.15) is 50.0 Å². The lowest BCUT2D eigenvalue weighted by molar-refractivity contribution is -0.149. The van der Waals surface area contributed by atoms with Crippen LogP contribution in [0.5, 0.6) is 0 Å². The summed E-state index contributed by atoms with van der Waals surface area (Å²) in [5.74, 6) is 0.471. The van der Waals surface area contributed by atoms with E-state index >= 15 is 0 Å². The highest BCUT2D eigenvalue weighted by molar-refractivity contribution is 5.14. The number of aryl methyl sites for hydroxylation is 2. The lowest BCUT2D eigenvalue weighted by Gasteiger charge is -2.44. The van der Waals surface area contributed by atoms with Gasteiger partial charge in [0.1, 0.15) is 0 Å². The first-order valence-corrected chi connectivity index (χ1v) is 8.15. The molecule has 0 amide bonds. The van der Waals surface area contributed by atoms with Crippen LogP contribution in [0.4, 0.5) is 0 Å². The van der Waals surface area contributed by atoms with Gasteiger partial charge in [0.05, 0.1) is 17.0 Å². The van der Waals surface area contributed by atoms with E-state index in [1.807, 2.05) is 11.6 Å². The van der Waals surface area contributed by atoms with E-state index in [1.54, 1.807) is 0 Å². The van der Waals surface area contributed by atoms with Gasteiger partial charge in [0.25, 0.3) is 0 Å². The Balaban J connectivity index is 1.76. The second-order valence-electron chi connectivity index (χ2n) is 6.45. The Labute approximate surface area is 126 Å². The smallest absolute Gasteiger partial charge is 0.0729 e. The molecule has 0 aliphatic carbocycles. The summed E-state index contributed by atoms with van der Waals surface area (Å²) in [4.78, 5) is 0. The van der Waals surface area contributed by atoms with Gasteiger partial charge in [-0.05, 0) is 51.5 Å². The predicted molar refractivity (Wildman–Crippen MR) is 81.0 cm³/mol. The zero-order chi connectivity index (χ0) is 14.9. The van der Waals surface area contributed by atoms with E-state index in [1.165, 1.54) is 5.69 Å². The van der Waals surface area contributed by atoms with E-state index < -0.39 is 0 Å². The molecule has 21 heavy (non-hydrogen) atoms. The van der Waals surface area contributed by atoms with E-state index in [0.29, 0.717) is 5.92 Å². The van der Waals surface area contributed by atoms with Crippen LogP contribution >= 0.6 is 0 Å². The van der Waals surface area contributed by atoms with Crippen LogP contribution in [0.15, 0.2) is 6.07 Å². The minimum atomic E-state index is 0.00486. The highest BCUT2D eigenvalue weighted by Crippen LogP contribution is 2.41. The first-order valence-electron chi connectivity index (χ1n) is 8.15. The Kier molecular flexibility index (Phi) is 4.33. The minimum Gasteiger partial charge on any atom is -0.381 e. The topological polar surface area (TPSA) is 62.3 Å². The number of hydrogen-bond donors (Lipinski definition) is 1. The number of ether oxygens (including phenoxy) is 2. The van der Waals surface area contributed by atoms with Gasteiger partial charge in [0.15, 0.2) is 0 Å². The monoisotopic (exact) mass is 293 g/mol. The highest BCUT2D eigenvalue weighted by Gasteiger charge is 2.41. The summed E-state index contributed by atoms with van der Waals surface area (Å²) < 4.78 is 13.7. The average molecular weight is 293 g/mol. The quantitative estimate of drug-likeness (QED) is 0.928. The van der Waals surface area contributed by atoms with Crippen molar-refractivity contribution in [3.63, 3.8) is 0 Å². The maximum Gasteiger partial charge on any atom is 0.0729 e. The van der Waals surface area contributed by atoms with Crippen molar-refractivity contribution in [3.05, 3.63) is 17.5 Å². The SMILES string of the molecule is CCn1nc(C)cc1C(N)C1CCOC2(CCOCC2)C1. The summed E-state index contributed by atoms with van der Waals surface area (Å²) in [6, 6.07) is 2.19. The largest absolute Gasteiger partial charge is 0.381 e. The lowest BCUT2D eigenvalue weighted by Crippen LogP contribution is -2.46. The Hall–Kier alpha value is -0.910. The van der Waals surface area contributed by atoms with E-state index in [9.17, 15) is 0 Å². The van der Waals surface area contributed by atoms with E-state index in [4.69, 9.17) is 15.2 Å². The van der Waals surface area contributed by atoms with Crippen LogP contribution < -0.4 is 5.73 Å². The Morgan fingerprint density at radius 2 is 2.19 bits per heavy atom. The van der Waals surface area contributed by atoms with Crippen molar-refractivity contribution >= 4 is 0 Å². The third-order valence-electron chi connectivity index (χ3n) is 5.02. The molecule has 2 N–H and O–H groups in total. The zero-order valence-electron chi connectivity index (χ0n) is 13.2. The molecule has 1 aromatic heterocycles. The summed E-state index contributed by atoms with van der Waals surface area (Å²) in [5.41, 5.74) is 8.83. The molecular weight excluding hydrogens is 266 g/mol. The molecule has 118 valence electrons. The third kappa shape index (κ3) is 3.00. The van der Waals surface area contributed by atoms with Crippen LogP contribution in [0.3, 0.4) is 0 Å². The van der Waals surface area contributed by atoms with Gasteiger partial charge in [-0.2, -0.15) is 5.10 Å². The Bertz CT molecular complexity index is 474. The standard InChI is InChI=1S/C16H27N3O2/c1-3-19-14(10-12(2)18-19)15(17)13-4-7-21-16(11-13)5-8-20-9-6-16/h10,13,15H,3-9,11,17H2,1-2H3. The van der Waals surface area contributed by atoms with E-state index in [-0.39, 0.29) is 11.6 Å². The van der Waals surface area contributed by atoms with Gasteiger partial charge in [-0.3, -0.25) is 4.68 Å². The van der Waals surface area contributed by atoms with Gasteiger partial charge in [0.2, 0.25) is 0 Å². The van der Waals surface area contributed by atoms with Crippen LogP contribution in [-0.4, -0.2) is 35.2 Å². The van der Waals surface area contributed by atoms with Crippen molar-refractivity contribution in [1.82, 2.24) is 9.78 Å². The fourth-order valence-corrected chi connectivity index (χ4v) is 3.79. The van der Waals surface area contributed by atoms with Crippen LogP contribution in [0.25, 0.3) is 0 Å². The fourth-order valence-electron chi connectivity index (χ4n) is 3.79. The summed E-state index contributed by atoms with van der Waals surface area (Å²) in [6.45, 7) is 7.47. The molecule has 3 heterocycles. The van der Waals surface area contributed by atoms with Gasteiger partial charge < -0.3 is 15.2 Å². The number of nitrogens with two attached hydrogens (primary N) is 1. The average Bonchev–Trinajstić information content (AvgIpc) is 2.88. The number of aromatic nitrogens is 2. The molecule has 2 aliphatic heterocycles. The Morgan fingerprint density at radius 3 is 2.90 bits per heavy atom. The molecule has 1 spiro atoms. The van der Waals surface area contributed by atoms with Crippen molar-refractivity contribution in [2.24, 2.45) is 11.7 Å². The molecule has 2 aliphatic rings. The van der Waals surface area contributed by atoms with Gasteiger partial charge in [-0.1, -0.05) is 0 Å². The molecule has 2 saturated heterocycles. The molecule has 0 saturated carbocycles. The number of nitrogens with zero attached hydrogens (tertiary/aromatic N) is 2. The predicted octanol–water partition coefficient (Wildman–Crippen LogP) is 2.19. The molecule has 0 bridgehead atoms. The van der Waals surface area contributed by atoms with Crippen LogP contribution in [-0.2, 0) is 16.0 Å². The molecule has 2 fully saturated rings. The highest BCUT2D eigenvalue weighted by atomic mass is 16.5. The molecule has 2 unspecified atom stereocenters. The molecule has 5 heteroatoms.